The van der Waals surface area contributed by atoms with Crippen LogP contribution < -0.4 is 0 Å². The van der Waals surface area contributed by atoms with Gasteiger partial charge in [-0.15, -0.1) is 0 Å². The Morgan fingerprint density at radius 3 is 2.45 bits per heavy atom. The highest BCUT2D eigenvalue weighted by Gasteiger charge is 2.10. The molecule has 104 valence electrons. The summed E-state index contributed by atoms with van der Waals surface area (Å²) in [5, 5.41) is 9.60. The van der Waals surface area contributed by atoms with Crippen molar-refractivity contribution < 1.29 is 9.90 Å². The number of aryl methyl sites for hydroxylation is 2. The molecule has 0 aliphatic heterocycles. The molecule has 2 rings (SSSR count). The number of hydrogen-bond acceptors (Lipinski definition) is 1. The topological polar surface area (TPSA) is 37.3 Å². The normalized spacial score (nSPS) is 10.6. The quantitative estimate of drug-likeness (QED) is 0.875. The molecule has 0 atom stereocenters. The van der Waals surface area contributed by atoms with Gasteiger partial charge in [-0.1, -0.05) is 43.6 Å². The first-order valence-corrected chi connectivity index (χ1v) is 7.09. The highest BCUT2D eigenvalue weighted by molar-refractivity contribution is 6.31. The molecule has 2 nitrogen and oxygen atoms in total. The number of hydrogen-bond donors (Lipinski definition) is 1. The fraction of sp³-hybridized carbons (Fsp3) is 0.235. The molecule has 2 aromatic carbocycles. The Morgan fingerprint density at radius 2 is 1.85 bits per heavy atom. The van der Waals surface area contributed by atoms with E-state index in [4.69, 9.17) is 16.7 Å². The van der Waals surface area contributed by atoms with Crippen LogP contribution in [0.25, 0.3) is 11.1 Å². The molecule has 20 heavy (non-hydrogen) atoms. The van der Waals surface area contributed by atoms with Crippen LogP contribution >= 0.6 is 11.6 Å². The molecular weight excluding hydrogens is 272 g/mol. The minimum Gasteiger partial charge on any atom is -0.478 e. The highest BCUT2D eigenvalue weighted by atomic mass is 35.5. The van der Waals surface area contributed by atoms with E-state index in [1.165, 1.54) is 17.2 Å². The lowest BCUT2D eigenvalue weighted by molar-refractivity contribution is 0.0697. The van der Waals surface area contributed by atoms with E-state index in [9.17, 15) is 4.79 Å². The molecule has 0 heterocycles. The Hall–Kier alpha value is -1.80. The molecule has 0 saturated heterocycles. The van der Waals surface area contributed by atoms with Gasteiger partial charge in [-0.05, 0) is 53.3 Å². The smallest absolute Gasteiger partial charge is 0.335 e. The maximum Gasteiger partial charge on any atom is 0.335 e. The van der Waals surface area contributed by atoms with Crippen molar-refractivity contribution in [3.05, 3.63) is 58.1 Å². The lowest BCUT2D eigenvalue weighted by atomic mass is 9.94. The highest BCUT2D eigenvalue weighted by Crippen LogP contribution is 2.29. The first kappa shape index (κ1) is 14.6. The summed E-state index contributed by atoms with van der Waals surface area (Å²) in [5.74, 6) is -0.960. The number of aromatic carboxylic acids is 1. The Balaban J connectivity index is 2.63. The van der Waals surface area contributed by atoms with Gasteiger partial charge in [0.25, 0.3) is 0 Å². The van der Waals surface area contributed by atoms with Crippen molar-refractivity contribution in [3.63, 3.8) is 0 Å². The Bertz CT molecular complexity index is 647. The largest absolute Gasteiger partial charge is 0.478 e. The molecule has 3 heteroatoms. The van der Waals surface area contributed by atoms with Crippen molar-refractivity contribution in [1.29, 1.82) is 0 Å². The van der Waals surface area contributed by atoms with E-state index in [-0.39, 0.29) is 5.56 Å². The summed E-state index contributed by atoms with van der Waals surface area (Å²) in [6.45, 7) is 4.19. The fourth-order valence-corrected chi connectivity index (χ4v) is 2.52. The van der Waals surface area contributed by atoms with Crippen molar-refractivity contribution in [3.8, 4) is 11.1 Å². The Kier molecular flexibility index (Phi) is 4.46. The van der Waals surface area contributed by atoms with Crippen LogP contribution in [0.15, 0.2) is 36.4 Å². The van der Waals surface area contributed by atoms with E-state index in [0.717, 1.165) is 24.0 Å². The first-order valence-electron chi connectivity index (χ1n) is 6.71. The summed E-state index contributed by atoms with van der Waals surface area (Å²) < 4.78 is 0. The third kappa shape index (κ3) is 3.02. The standard InChI is InChI=1S/C17H17ClO2/c1-3-11-5-6-12(4-2)16(7-11)13-8-14(17(19)20)10-15(18)9-13/h5-10H,3-4H2,1-2H3,(H,19,20). The molecule has 0 aliphatic rings. The number of benzene rings is 2. The number of halogens is 1. The van der Waals surface area contributed by atoms with Crippen LogP contribution in [-0.4, -0.2) is 11.1 Å². The molecule has 0 unspecified atom stereocenters. The van der Waals surface area contributed by atoms with Gasteiger partial charge in [0.05, 0.1) is 5.56 Å². The third-order valence-corrected chi connectivity index (χ3v) is 3.64. The summed E-state index contributed by atoms with van der Waals surface area (Å²) in [6, 6.07) is 11.3. The van der Waals surface area contributed by atoms with E-state index in [0.29, 0.717) is 5.02 Å². The van der Waals surface area contributed by atoms with Gasteiger partial charge < -0.3 is 5.11 Å². The van der Waals surface area contributed by atoms with Crippen LogP contribution in [0.5, 0.6) is 0 Å². The average Bonchev–Trinajstić information content (AvgIpc) is 2.45. The number of carboxylic acid groups (broad SMARTS) is 1. The molecule has 0 spiro atoms. The van der Waals surface area contributed by atoms with Gasteiger partial charge in [0, 0.05) is 5.02 Å². The summed E-state index contributed by atoms with van der Waals surface area (Å²) in [4.78, 5) is 11.2. The molecule has 0 amide bonds. The van der Waals surface area contributed by atoms with E-state index >= 15 is 0 Å². The number of carboxylic acids is 1. The molecule has 1 N–H and O–H groups in total. The molecule has 0 fully saturated rings. The maximum atomic E-state index is 11.2. The Morgan fingerprint density at radius 1 is 1.10 bits per heavy atom. The van der Waals surface area contributed by atoms with Crippen LogP contribution in [0.1, 0.15) is 35.3 Å². The Labute approximate surface area is 124 Å². The van der Waals surface area contributed by atoms with Gasteiger partial charge in [0.1, 0.15) is 0 Å². The summed E-state index contributed by atoms with van der Waals surface area (Å²) >= 11 is 6.05. The molecule has 0 saturated carbocycles. The molecular formula is C17H17ClO2. The second-order valence-corrected chi connectivity index (χ2v) is 5.17. The van der Waals surface area contributed by atoms with Crippen LogP contribution in [0.4, 0.5) is 0 Å². The van der Waals surface area contributed by atoms with Crippen molar-refractivity contribution >= 4 is 17.6 Å². The third-order valence-electron chi connectivity index (χ3n) is 3.42. The number of carbonyl (C=O) groups is 1. The predicted molar refractivity (Wildman–Crippen MR) is 82.6 cm³/mol. The summed E-state index contributed by atoms with van der Waals surface area (Å²) in [7, 11) is 0. The van der Waals surface area contributed by atoms with Crippen LogP contribution in [0, 0.1) is 0 Å². The van der Waals surface area contributed by atoms with Crippen LogP contribution in [-0.2, 0) is 12.8 Å². The minimum atomic E-state index is -0.960. The predicted octanol–water partition coefficient (Wildman–Crippen LogP) is 4.83. The van der Waals surface area contributed by atoms with Crippen LogP contribution in [0.3, 0.4) is 0 Å². The van der Waals surface area contributed by atoms with Gasteiger partial charge in [0.2, 0.25) is 0 Å². The van der Waals surface area contributed by atoms with Gasteiger partial charge in [-0.25, -0.2) is 4.79 Å². The van der Waals surface area contributed by atoms with Gasteiger partial charge in [-0.3, -0.25) is 0 Å². The lowest BCUT2D eigenvalue weighted by Crippen LogP contribution is -1.98. The van der Waals surface area contributed by atoms with Crippen LogP contribution in [0.2, 0.25) is 5.02 Å². The number of rotatable bonds is 4. The van der Waals surface area contributed by atoms with E-state index < -0.39 is 5.97 Å². The summed E-state index contributed by atoms with van der Waals surface area (Å²) in [5.41, 5.74) is 4.57. The molecule has 0 aromatic heterocycles. The minimum absolute atomic E-state index is 0.219. The lowest BCUT2D eigenvalue weighted by Gasteiger charge is -2.11. The zero-order chi connectivity index (χ0) is 14.7. The fourth-order valence-electron chi connectivity index (χ4n) is 2.29. The van der Waals surface area contributed by atoms with E-state index in [2.05, 4.69) is 32.0 Å². The average molecular weight is 289 g/mol. The molecule has 0 aliphatic carbocycles. The SMILES string of the molecule is CCc1ccc(CC)c(-c2cc(Cl)cc(C(=O)O)c2)c1. The monoisotopic (exact) mass is 288 g/mol. The zero-order valence-corrected chi connectivity index (χ0v) is 12.4. The first-order chi connectivity index (χ1) is 9.55. The van der Waals surface area contributed by atoms with Crippen molar-refractivity contribution in [1.82, 2.24) is 0 Å². The molecule has 0 radical (unpaired) electrons. The van der Waals surface area contributed by atoms with Crippen molar-refractivity contribution in [2.75, 3.05) is 0 Å². The maximum absolute atomic E-state index is 11.2. The van der Waals surface area contributed by atoms with Gasteiger partial charge >= 0.3 is 5.97 Å². The van der Waals surface area contributed by atoms with Gasteiger partial charge in [0.15, 0.2) is 0 Å². The van der Waals surface area contributed by atoms with Crippen molar-refractivity contribution in [2.24, 2.45) is 0 Å². The van der Waals surface area contributed by atoms with Gasteiger partial charge in [-0.2, -0.15) is 0 Å². The van der Waals surface area contributed by atoms with E-state index in [1.54, 1.807) is 6.07 Å². The van der Waals surface area contributed by atoms with Crippen molar-refractivity contribution in [2.45, 2.75) is 26.7 Å². The second-order valence-electron chi connectivity index (χ2n) is 4.73. The molecule has 2 aromatic rings. The second kappa shape index (κ2) is 6.10. The zero-order valence-electron chi connectivity index (χ0n) is 11.6. The summed E-state index contributed by atoms with van der Waals surface area (Å²) in [6.07, 6.45) is 1.84. The molecule has 0 bridgehead atoms. The van der Waals surface area contributed by atoms with E-state index in [1.807, 2.05) is 6.07 Å².